The van der Waals surface area contributed by atoms with E-state index in [4.69, 9.17) is 0 Å². The number of hydrogen-bond donors (Lipinski definition) is 3. The smallest absolute Gasteiger partial charge is 0.320 e. The fourth-order valence-electron chi connectivity index (χ4n) is 2.05. The van der Waals surface area contributed by atoms with Crippen molar-refractivity contribution < 1.29 is 4.79 Å². The Morgan fingerprint density at radius 3 is 2.30 bits per heavy atom. The monoisotopic (exact) mass is 274 g/mol. The fraction of sp³-hybridized carbons (Fsp3) is 0.231. The highest BCUT2D eigenvalue weighted by Gasteiger charge is 2.15. The molecule has 0 saturated heterocycles. The number of aromatic amines is 2. The molecule has 0 fully saturated rings. The van der Waals surface area contributed by atoms with E-state index in [0.717, 1.165) is 16.7 Å². The van der Waals surface area contributed by atoms with Crippen molar-refractivity contribution in [2.24, 2.45) is 0 Å². The summed E-state index contributed by atoms with van der Waals surface area (Å²) in [5.74, 6) is -0.669. The van der Waals surface area contributed by atoms with Gasteiger partial charge in [0, 0.05) is 5.69 Å². The number of H-pyrrole nitrogens is 2. The van der Waals surface area contributed by atoms with Gasteiger partial charge in [-0.25, -0.2) is 9.89 Å². The largest absolute Gasteiger partial charge is 0.342 e. The zero-order chi connectivity index (χ0) is 14.9. The van der Waals surface area contributed by atoms with Crippen molar-refractivity contribution in [3.05, 3.63) is 55.4 Å². The number of nitrogens with zero attached hydrogens (tertiary/aromatic N) is 1. The molecule has 0 atom stereocenters. The van der Waals surface area contributed by atoms with E-state index in [1.54, 1.807) is 0 Å². The quantitative estimate of drug-likeness (QED) is 0.746. The number of rotatable bonds is 2. The maximum atomic E-state index is 12.0. The maximum absolute atomic E-state index is 12.0. The lowest BCUT2D eigenvalue weighted by atomic mass is 10.1. The minimum absolute atomic E-state index is 0.385. The second-order valence-corrected chi connectivity index (χ2v) is 4.58. The zero-order valence-electron chi connectivity index (χ0n) is 11.3. The highest BCUT2D eigenvalue weighted by molar-refractivity contribution is 6.03. The maximum Gasteiger partial charge on any atom is 0.342 e. The second-order valence-electron chi connectivity index (χ2n) is 4.58. The van der Waals surface area contributed by atoms with Crippen molar-refractivity contribution in [1.82, 2.24) is 15.2 Å². The molecule has 0 bridgehead atoms. The molecule has 0 spiro atoms. The molecular formula is C13H14N4O3. The van der Waals surface area contributed by atoms with Crippen LogP contribution in [-0.4, -0.2) is 21.1 Å². The van der Waals surface area contributed by atoms with Crippen LogP contribution in [0.2, 0.25) is 0 Å². The third-order valence-corrected chi connectivity index (χ3v) is 2.84. The number of aryl methyl sites for hydroxylation is 3. The lowest BCUT2D eigenvalue weighted by molar-refractivity contribution is 0.101. The Morgan fingerprint density at radius 2 is 1.75 bits per heavy atom. The minimum atomic E-state index is -0.825. The summed E-state index contributed by atoms with van der Waals surface area (Å²) in [7, 11) is 0. The van der Waals surface area contributed by atoms with Gasteiger partial charge in [0.25, 0.3) is 11.5 Å². The Labute approximate surface area is 114 Å². The highest BCUT2D eigenvalue weighted by atomic mass is 16.2. The molecule has 3 N–H and O–H groups in total. The average Bonchev–Trinajstić information content (AvgIpc) is 2.33. The predicted molar refractivity (Wildman–Crippen MR) is 74.1 cm³/mol. The van der Waals surface area contributed by atoms with Gasteiger partial charge in [-0.3, -0.25) is 14.6 Å². The third kappa shape index (κ3) is 2.66. The van der Waals surface area contributed by atoms with E-state index in [0.29, 0.717) is 5.69 Å². The predicted octanol–water partition coefficient (Wildman–Crippen LogP) is 0.636. The van der Waals surface area contributed by atoms with Crippen LogP contribution < -0.4 is 16.6 Å². The van der Waals surface area contributed by atoms with Crippen LogP contribution in [0.4, 0.5) is 5.69 Å². The molecule has 1 heterocycles. The summed E-state index contributed by atoms with van der Waals surface area (Å²) in [5.41, 5.74) is 1.52. The summed E-state index contributed by atoms with van der Waals surface area (Å²) >= 11 is 0. The first-order valence-electron chi connectivity index (χ1n) is 5.96. The number of carbonyl (C=O) groups is 1. The van der Waals surface area contributed by atoms with Gasteiger partial charge < -0.3 is 5.32 Å². The van der Waals surface area contributed by atoms with Crippen LogP contribution in [0.5, 0.6) is 0 Å². The fourth-order valence-corrected chi connectivity index (χ4v) is 2.05. The normalized spacial score (nSPS) is 10.3. The molecule has 7 heteroatoms. The third-order valence-electron chi connectivity index (χ3n) is 2.84. The molecule has 1 aromatic carbocycles. The molecule has 0 radical (unpaired) electrons. The van der Waals surface area contributed by atoms with E-state index in [-0.39, 0.29) is 5.69 Å². The molecule has 0 unspecified atom stereocenters. The van der Waals surface area contributed by atoms with Crippen LogP contribution >= 0.6 is 0 Å². The van der Waals surface area contributed by atoms with Gasteiger partial charge in [0.2, 0.25) is 5.69 Å². The molecule has 2 aromatic rings. The first-order chi connectivity index (χ1) is 9.38. The van der Waals surface area contributed by atoms with Crippen LogP contribution in [0.25, 0.3) is 0 Å². The van der Waals surface area contributed by atoms with Gasteiger partial charge in [0.1, 0.15) is 0 Å². The van der Waals surface area contributed by atoms with Crippen molar-refractivity contribution in [3.8, 4) is 0 Å². The van der Waals surface area contributed by atoms with Crippen LogP contribution in [0, 0.1) is 20.8 Å². The number of amides is 1. The van der Waals surface area contributed by atoms with Crippen molar-refractivity contribution in [3.63, 3.8) is 0 Å². The van der Waals surface area contributed by atoms with E-state index >= 15 is 0 Å². The van der Waals surface area contributed by atoms with Crippen LogP contribution in [0.1, 0.15) is 27.2 Å². The van der Waals surface area contributed by atoms with Gasteiger partial charge in [-0.2, -0.15) is 5.10 Å². The Bertz CT molecular complexity index is 766. The molecule has 1 aromatic heterocycles. The van der Waals surface area contributed by atoms with Crippen LogP contribution in [-0.2, 0) is 0 Å². The number of carbonyl (C=O) groups excluding carboxylic acids is 1. The molecule has 0 aliphatic heterocycles. The first-order valence-corrected chi connectivity index (χ1v) is 5.96. The Balaban J connectivity index is 2.38. The van der Waals surface area contributed by atoms with E-state index in [1.807, 2.05) is 43.0 Å². The summed E-state index contributed by atoms with van der Waals surface area (Å²) < 4.78 is 0. The van der Waals surface area contributed by atoms with Crippen molar-refractivity contribution in [1.29, 1.82) is 0 Å². The molecule has 0 aliphatic carbocycles. The Hall–Kier alpha value is -2.70. The van der Waals surface area contributed by atoms with Crippen molar-refractivity contribution in [2.75, 3.05) is 5.32 Å². The summed E-state index contributed by atoms with van der Waals surface area (Å²) in [6.07, 6.45) is 0. The van der Waals surface area contributed by atoms with E-state index in [1.165, 1.54) is 0 Å². The van der Waals surface area contributed by atoms with Crippen LogP contribution in [0.15, 0.2) is 21.7 Å². The van der Waals surface area contributed by atoms with Gasteiger partial charge in [0.05, 0.1) is 0 Å². The number of benzene rings is 1. The van der Waals surface area contributed by atoms with Gasteiger partial charge in [-0.1, -0.05) is 17.7 Å². The lowest BCUT2D eigenvalue weighted by Crippen LogP contribution is -2.32. The average molecular weight is 274 g/mol. The SMILES string of the molecule is Cc1cc(C)c(NC(=O)c2n[nH]c(=O)[nH]c2=O)c(C)c1. The van der Waals surface area contributed by atoms with Crippen LogP contribution in [0.3, 0.4) is 0 Å². The van der Waals surface area contributed by atoms with Gasteiger partial charge >= 0.3 is 5.69 Å². The number of nitrogens with one attached hydrogen (secondary N) is 3. The first kappa shape index (κ1) is 13.7. The summed E-state index contributed by atoms with van der Waals surface area (Å²) in [6.45, 7) is 5.68. The molecule has 0 saturated carbocycles. The summed E-state index contributed by atoms with van der Waals surface area (Å²) in [6, 6.07) is 3.85. The molecule has 0 aliphatic rings. The van der Waals surface area contributed by atoms with E-state index in [9.17, 15) is 14.4 Å². The van der Waals surface area contributed by atoms with Crippen molar-refractivity contribution >= 4 is 11.6 Å². The molecule has 1 amide bonds. The second kappa shape index (κ2) is 5.12. The van der Waals surface area contributed by atoms with E-state index in [2.05, 4.69) is 10.4 Å². The van der Waals surface area contributed by atoms with Gasteiger partial charge in [0.15, 0.2) is 0 Å². The molecule has 7 nitrogen and oxygen atoms in total. The number of aromatic nitrogens is 3. The van der Waals surface area contributed by atoms with E-state index < -0.39 is 17.2 Å². The Kier molecular flexibility index (Phi) is 3.51. The minimum Gasteiger partial charge on any atom is -0.320 e. The number of anilines is 1. The van der Waals surface area contributed by atoms with Gasteiger partial charge in [-0.05, 0) is 31.9 Å². The molecular weight excluding hydrogens is 260 g/mol. The standard InChI is InChI=1S/C13H14N4O3/c1-6-4-7(2)9(8(3)5-6)14-11(18)10-12(19)15-13(20)17-16-10/h4-5H,1-3H3,(H,14,18)(H2,15,17,19,20). The molecule has 20 heavy (non-hydrogen) atoms. The highest BCUT2D eigenvalue weighted by Crippen LogP contribution is 2.22. The zero-order valence-corrected chi connectivity index (χ0v) is 11.3. The molecule has 104 valence electrons. The number of hydrogen-bond acceptors (Lipinski definition) is 4. The lowest BCUT2D eigenvalue weighted by Gasteiger charge is -2.12. The van der Waals surface area contributed by atoms with Crippen molar-refractivity contribution in [2.45, 2.75) is 20.8 Å². The topological polar surface area (TPSA) is 108 Å². The Morgan fingerprint density at radius 1 is 1.15 bits per heavy atom. The summed E-state index contributed by atoms with van der Waals surface area (Å²) in [5, 5.41) is 8.12. The summed E-state index contributed by atoms with van der Waals surface area (Å²) in [4.78, 5) is 36.3. The molecule has 2 rings (SSSR count). The van der Waals surface area contributed by atoms with Gasteiger partial charge in [-0.15, -0.1) is 0 Å².